The fourth-order valence-corrected chi connectivity index (χ4v) is 1.60. The predicted molar refractivity (Wildman–Crippen MR) is 61.5 cm³/mol. The molecule has 0 aliphatic heterocycles. The first kappa shape index (κ1) is 11.3. The van der Waals surface area contributed by atoms with Gasteiger partial charge in [-0.1, -0.05) is 0 Å². The number of aromatic nitrogens is 2. The molecule has 0 spiro atoms. The Morgan fingerprint density at radius 1 is 1.41 bits per heavy atom. The Morgan fingerprint density at radius 2 is 2.18 bits per heavy atom. The molecule has 0 saturated heterocycles. The molecule has 0 saturated carbocycles. The summed E-state index contributed by atoms with van der Waals surface area (Å²) in [6, 6.07) is 4.10. The van der Waals surface area contributed by atoms with Crippen LogP contribution in [-0.2, 0) is 0 Å². The van der Waals surface area contributed by atoms with E-state index in [9.17, 15) is 9.18 Å². The molecular weight excluding hydrogens is 223 g/mol. The Balaban J connectivity index is 2.71. The maximum atomic E-state index is 13.2. The number of benzene rings is 1. The normalized spacial score (nSPS) is 10.3. The van der Waals surface area contributed by atoms with E-state index in [4.69, 9.17) is 4.74 Å². The van der Waals surface area contributed by atoms with E-state index in [1.165, 1.54) is 31.6 Å². The van der Waals surface area contributed by atoms with Gasteiger partial charge in [-0.15, -0.1) is 0 Å². The molecule has 2 rings (SSSR count). The van der Waals surface area contributed by atoms with Gasteiger partial charge in [0.1, 0.15) is 11.6 Å². The molecule has 0 aliphatic carbocycles. The molecule has 0 aliphatic rings. The zero-order valence-corrected chi connectivity index (χ0v) is 9.45. The molecule has 5 heteroatoms. The van der Waals surface area contributed by atoms with Crippen LogP contribution in [0.5, 0.6) is 5.75 Å². The van der Waals surface area contributed by atoms with Gasteiger partial charge >= 0.3 is 0 Å². The molecule has 0 unspecified atom stereocenters. The third-order valence-electron chi connectivity index (χ3n) is 2.50. The Bertz CT molecular complexity index is 608. The lowest BCUT2D eigenvalue weighted by Crippen LogP contribution is -2.11. The second-order valence-electron chi connectivity index (χ2n) is 3.55. The number of nitrogens with one attached hydrogen (secondary N) is 1. The maximum absolute atomic E-state index is 13.2. The molecule has 2 aromatic rings. The number of aromatic amines is 1. The van der Waals surface area contributed by atoms with Crippen LogP contribution in [-0.4, -0.2) is 17.1 Å². The molecule has 1 aromatic heterocycles. The van der Waals surface area contributed by atoms with Crippen LogP contribution in [0, 0.1) is 12.7 Å². The van der Waals surface area contributed by atoms with E-state index >= 15 is 0 Å². The number of hydrogen-bond donors (Lipinski definition) is 1. The molecule has 0 amide bonds. The van der Waals surface area contributed by atoms with E-state index in [2.05, 4.69) is 9.97 Å². The van der Waals surface area contributed by atoms with Crippen LogP contribution in [0.4, 0.5) is 4.39 Å². The quantitative estimate of drug-likeness (QED) is 0.863. The van der Waals surface area contributed by atoms with Gasteiger partial charge in [0.2, 0.25) is 0 Å². The molecule has 1 N–H and O–H groups in total. The summed E-state index contributed by atoms with van der Waals surface area (Å²) in [6.07, 6.45) is 1.29. The van der Waals surface area contributed by atoms with Gasteiger partial charge in [0.25, 0.3) is 5.56 Å². The van der Waals surface area contributed by atoms with E-state index < -0.39 is 5.82 Å². The SMILES string of the molecule is COc1ccc(F)cc1-c1nc[nH]c(=O)c1C. The van der Waals surface area contributed by atoms with Crippen molar-refractivity contribution in [3.63, 3.8) is 0 Å². The zero-order chi connectivity index (χ0) is 12.4. The first-order valence-electron chi connectivity index (χ1n) is 5.01. The van der Waals surface area contributed by atoms with Crippen molar-refractivity contribution in [2.45, 2.75) is 6.92 Å². The monoisotopic (exact) mass is 234 g/mol. The van der Waals surface area contributed by atoms with Crippen molar-refractivity contribution in [1.82, 2.24) is 9.97 Å². The highest BCUT2D eigenvalue weighted by Crippen LogP contribution is 2.29. The number of ether oxygens (including phenoxy) is 1. The molecule has 1 heterocycles. The van der Waals surface area contributed by atoms with Crippen molar-refractivity contribution in [1.29, 1.82) is 0 Å². The minimum absolute atomic E-state index is 0.249. The van der Waals surface area contributed by atoms with Gasteiger partial charge in [-0.25, -0.2) is 9.37 Å². The first-order valence-corrected chi connectivity index (χ1v) is 5.01. The molecule has 0 radical (unpaired) electrons. The number of nitrogens with zero attached hydrogens (tertiary/aromatic N) is 1. The van der Waals surface area contributed by atoms with Crippen molar-refractivity contribution in [3.8, 4) is 17.0 Å². The lowest BCUT2D eigenvalue weighted by Gasteiger charge is -2.09. The maximum Gasteiger partial charge on any atom is 0.254 e. The smallest absolute Gasteiger partial charge is 0.254 e. The third kappa shape index (κ3) is 2.04. The van der Waals surface area contributed by atoms with Gasteiger partial charge in [-0.05, 0) is 25.1 Å². The van der Waals surface area contributed by atoms with Gasteiger partial charge in [0.15, 0.2) is 0 Å². The second-order valence-corrected chi connectivity index (χ2v) is 3.55. The molecule has 0 bridgehead atoms. The van der Waals surface area contributed by atoms with E-state index in [0.717, 1.165) is 0 Å². The summed E-state index contributed by atoms with van der Waals surface area (Å²) in [5, 5.41) is 0. The van der Waals surface area contributed by atoms with Crippen molar-refractivity contribution in [2.75, 3.05) is 7.11 Å². The second kappa shape index (κ2) is 4.37. The van der Waals surface area contributed by atoms with Gasteiger partial charge in [0, 0.05) is 11.1 Å². The summed E-state index contributed by atoms with van der Waals surface area (Å²) in [5.74, 6) is 0.0786. The van der Waals surface area contributed by atoms with Crippen molar-refractivity contribution in [2.24, 2.45) is 0 Å². The fourth-order valence-electron chi connectivity index (χ4n) is 1.60. The Hall–Kier alpha value is -2.17. The van der Waals surface area contributed by atoms with Crippen LogP contribution >= 0.6 is 0 Å². The molecular formula is C12H11FN2O2. The summed E-state index contributed by atoms with van der Waals surface area (Å²) in [5.41, 5.74) is 1.07. The zero-order valence-electron chi connectivity index (χ0n) is 9.45. The Morgan fingerprint density at radius 3 is 2.88 bits per heavy atom. The van der Waals surface area contributed by atoms with Crippen LogP contribution in [0.15, 0.2) is 29.3 Å². The van der Waals surface area contributed by atoms with Crippen molar-refractivity contribution < 1.29 is 9.13 Å². The largest absolute Gasteiger partial charge is 0.496 e. The van der Waals surface area contributed by atoms with Crippen LogP contribution < -0.4 is 10.3 Å². The first-order chi connectivity index (χ1) is 8.13. The average Bonchev–Trinajstić information content (AvgIpc) is 2.33. The van der Waals surface area contributed by atoms with E-state index in [1.807, 2.05) is 0 Å². The summed E-state index contributed by atoms with van der Waals surface area (Å²) >= 11 is 0. The van der Waals surface area contributed by atoms with Crippen LogP contribution in [0.2, 0.25) is 0 Å². The highest BCUT2D eigenvalue weighted by Gasteiger charge is 2.12. The molecule has 4 nitrogen and oxygen atoms in total. The van der Waals surface area contributed by atoms with Crippen LogP contribution in [0.1, 0.15) is 5.56 Å². The number of halogens is 1. The van der Waals surface area contributed by atoms with E-state index in [1.54, 1.807) is 6.92 Å². The van der Waals surface area contributed by atoms with Gasteiger partial charge < -0.3 is 9.72 Å². The molecule has 17 heavy (non-hydrogen) atoms. The summed E-state index contributed by atoms with van der Waals surface area (Å²) in [6.45, 7) is 1.63. The predicted octanol–water partition coefficient (Wildman–Crippen LogP) is 1.89. The minimum atomic E-state index is -0.401. The summed E-state index contributed by atoms with van der Waals surface area (Å²) in [4.78, 5) is 18.0. The van der Waals surface area contributed by atoms with Crippen molar-refractivity contribution in [3.05, 3.63) is 46.3 Å². The van der Waals surface area contributed by atoms with E-state index in [-0.39, 0.29) is 5.56 Å². The molecule has 1 aromatic carbocycles. The topological polar surface area (TPSA) is 55.0 Å². The van der Waals surface area contributed by atoms with Crippen molar-refractivity contribution >= 4 is 0 Å². The Kier molecular flexibility index (Phi) is 2.91. The minimum Gasteiger partial charge on any atom is -0.496 e. The highest BCUT2D eigenvalue weighted by molar-refractivity contribution is 5.69. The summed E-state index contributed by atoms with van der Waals surface area (Å²) < 4.78 is 18.4. The average molecular weight is 234 g/mol. The van der Waals surface area contributed by atoms with E-state index in [0.29, 0.717) is 22.6 Å². The Labute approximate surface area is 97.1 Å². The fraction of sp³-hybridized carbons (Fsp3) is 0.167. The third-order valence-corrected chi connectivity index (χ3v) is 2.50. The lowest BCUT2D eigenvalue weighted by molar-refractivity contribution is 0.415. The standard InChI is InChI=1S/C12H11FN2O2/c1-7-11(14-6-15-12(7)16)9-5-8(13)3-4-10(9)17-2/h3-6H,1-2H3,(H,14,15,16). The number of hydrogen-bond acceptors (Lipinski definition) is 3. The number of H-pyrrole nitrogens is 1. The summed E-state index contributed by atoms with van der Waals surface area (Å²) in [7, 11) is 1.49. The lowest BCUT2D eigenvalue weighted by atomic mass is 10.1. The van der Waals surface area contributed by atoms with Gasteiger partial charge in [-0.2, -0.15) is 0 Å². The van der Waals surface area contributed by atoms with Crippen LogP contribution in [0.3, 0.4) is 0 Å². The molecule has 0 atom stereocenters. The number of methoxy groups -OCH3 is 1. The van der Waals surface area contributed by atoms with Gasteiger partial charge in [-0.3, -0.25) is 4.79 Å². The number of rotatable bonds is 2. The van der Waals surface area contributed by atoms with Gasteiger partial charge in [0.05, 0.1) is 19.1 Å². The molecule has 88 valence electrons. The highest BCUT2D eigenvalue weighted by atomic mass is 19.1. The van der Waals surface area contributed by atoms with Crippen LogP contribution in [0.25, 0.3) is 11.3 Å². The molecule has 0 fully saturated rings.